The number of hydrogen-bond donors (Lipinski definition) is 3. The maximum atomic E-state index is 12.9. The largest absolute Gasteiger partial charge is 0.497 e. The molecule has 4 rings (SSSR count). The lowest BCUT2D eigenvalue weighted by atomic mass is 10.0. The molecule has 1 aromatic heterocycles. The van der Waals surface area contributed by atoms with Crippen molar-refractivity contribution < 1.29 is 24.2 Å². The number of nitrogens with zero attached hydrogens (tertiary/aromatic N) is 2. The molecule has 1 atom stereocenters. The maximum absolute atomic E-state index is 12.9. The van der Waals surface area contributed by atoms with Crippen LogP contribution in [0.25, 0.3) is 0 Å². The highest BCUT2D eigenvalue weighted by atomic mass is 35.5. The molecule has 0 bridgehead atoms. The van der Waals surface area contributed by atoms with Crippen LogP contribution >= 0.6 is 11.6 Å². The number of nitrogens with one attached hydrogen (secondary N) is 2. The Kier molecular flexibility index (Phi) is 5.74. The molecule has 0 spiro atoms. The highest BCUT2D eigenvalue weighted by molar-refractivity contribution is 6.30. The quantitative estimate of drug-likeness (QED) is 0.519. The average molecular weight is 455 g/mol. The van der Waals surface area contributed by atoms with Crippen LogP contribution in [0.1, 0.15) is 22.0 Å². The summed E-state index contributed by atoms with van der Waals surface area (Å²) in [5, 5.41) is 20.1. The first kappa shape index (κ1) is 21.3. The van der Waals surface area contributed by atoms with Gasteiger partial charge in [0, 0.05) is 16.3 Å². The lowest BCUT2D eigenvalue weighted by molar-refractivity contribution is -0.132. The van der Waals surface area contributed by atoms with E-state index in [0.29, 0.717) is 27.8 Å². The maximum Gasteiger partial charge on any atom is 0.352 e. The molecular weight excluding hydrogens is 436 g/mol. The summed E-state index contributed by atoms with van der Waals surface area (Å²) >= 11 is 5.89. The Hall–Kier alpha value is -3.98. The van der Waals surface area contributed by atoms with Gasteiger partial charge in [-0.05, 0) is 48.5 Å². The number of halogens is 1. The molecule has 32 heavy (non-hydrogen) atoms. The second kappa shape index (κ2) is 8.64. The molecule has 0 fully saturated rings. The number of ether oxygens (including phenoxy) is 2. The fourth-order valence-electron chi connectivity index (χ4n) is 3.41. The van der Waals surface area contributed by atoms with E-state index in [4.69, 9.17) is 21.1 Å². The second-order valence-corrected chi connectivity index (χ2v) is 7.31. The first-order valence-corrected chi connectivity index (χ1v) is 9.87. The zero-order chi connectivity index (χ0) is 22.8. The van der Waals surface area contributed by atoms with Crippen molar-refractivity contribution in [3.63, 3.8) is 0 Å². The molecule has 3 aromatic rings. The van der Waals surface area contributed by atoms with E-state index in [1.54, 1.807) is 42.5 Å². The van der Waals surface area contributed by atoms with E-state index in [0.717, 1.165) is 0 Å². The molecule has 2 heterocycles. The van der Waals surface area contributed by atoms with Crippen LogP contribution in [0.5, 0.6) is 11.5 Å². The van der Waals surface area contributed by atoms with Crippen LogP contribution in [0.2, 0.25) is 5.02 Å². The van der Waals surface area contributed by atoms with Crippen molar-refractivity contribution in [1.82, 2.24) is 9.78 Å². The van der Waals surface area contributed by atoms with Crippen LogP contribution in [0.4, 0.5) is 11.5 Å². The zero-order valence-electron chi connectivity index (χ0n) is 17.1. The lowest BCUT2D eigenvalue weighted by Crippen LogP contribution is -2.26. The summed E-state index contributed by atoms with van der Waals surface area (Å²) in [6.45, 7) is 0. The van der Waals surface area contributed by atoms with Gasteiger partial charge >= 0.3 is 5.97 Å². The molecule has 3 N–H and O–H groups in total. The van der Waals surface area contributed by atoms with Crippen molar-refractivity contribution in [2.24, 2.45) is 0 Å². The number of fused-ring (bicyclic) bond motifs is 1. The molecule has 0 radical (unpaired) electrons. The van der Waals surface area contributed by atoms with Gasteiger partial charge in [0.05, 0.1) is 20.4 Å². The molecule has 164 valence electrons. The molecule has 0 aliphatic carbocycles. The van der Waals surface area contributed by atoms with Gasteiger partial charge in [0.15, 0.2) is 0 Å². The highest BCUT2D eigenvalue weighted by Gasteiger charge is 2.31. The van der Waals surface area contributed by atoms with Gasteiger partial charge < -0.3 is 25.2 Å². The van der Waals surface area contributed by atoms with Crippen molar-refractivity contribution in [2.75, 3.05) is 24.9 Å². The van der Waals surface area contributed by atoms with E-state index in [-0.39, 0.29) is 17.1 Å². The molecule has 0 saturated heterocycles. The monoisotopic (exact) mass is 454 g/mol. The first-order chi connectivity index (χ1) is 15.4. The molecule has 1 amide bonds. The fourth-order valence-corrected chi connectivity index (χ4v) is 3.54. The van der Waals surface area contributed by atoms with Gasteiger partial charge in [-0.1, -0.05) is 11.6 Å². The number of rotatable bonds is 6. The summed E-state index contributed by atoms with van der Waals surface area (Å²) in [7, 11) is 3.05. The van der Waals surface area contributed by atoms with Gasteiger partial charge in [0.25, 0.3) is 5.91 Å². The van der Waals surface area contributed by atoms with Crippen molar-refractivity contribution in [2.45, 2.75) is 6.04 Å². The molecule has 0 saturated carbocycles. The number of anilines is 2. The van der Waals surface area contributed by atoms with Crippen LogP contribution < -0.4 is 20.1 Å². The van der Waals surface area contributed by atoms with Gasteiger partial charge in [-0.3, -0.25) is 4.79 Å². The van der Waals surface area contributed by atoms with E-state index < -0.39 is 17.9 Å². The van der Waals surface area contributed by atoms with E-state index >= 15 is 0 Å². The third-order valence-electron chi connectivity index (χ3n) is 4.97. The molecule has 2 aromatic carbocycles. The minimum absolute atomic E-state index is 0.0894. The van der Waals surface area contributed by atoms with Crippen LogP contribution in [0.15, 0.2) is 60.4 Å². The molecule has 1 aliphatic heterocycles. The summed E-state index contributed by atoms with van der Waals surface area (Å²) in [4.78, 5) is 24.7. The van der Waals surface area contributed by atoms with Crippen LogP contribution in [-0.4, -0.2) is 41.0 Å². The Bertz CT molecular complexity index is 1220. The van der Waals surface area contributed by atoms with Gasteiger partial charge in [0.1, 0.15) is 34.6 Å². The molecule has 1 aliphatic rings. The van der Waals surface area contributed by atoms with Crippen molar-refractivity contribution in [3.8, 4) is 11.5 Å². The predicted molar refractivity (Wildman–Crippen MR) is 119 cm³/mol. The van der Waals surface area contributed by atoms with E-state index in [2.05, 4.69) is 15.7 Å². The Balaban J connectivity index is 1.77. The SMILES string of the molecule is COc1ccc(OC)c([C@@H]2C=C(C(=O)O)Nc3c(C(=O)Nc4ccc(Cl)cc4)cnn32)c1. The number of benzene rings is 2. The molecular formula is C22H19ClN4O5. The fraction of sp³-hybridized carbons (Fsp3) is 0.136. The van der Waals surface area contributed by atoms with E-state index in [1.165, 1.54) is 31.2 Å². The van der Waals surface area contributed by atoms with Crippen LogP contribution in [0.3, 0.4) is 0 Å². The number of amides is 1. The Morgan fingerprint density at radius 3 is 2.56 bits per heavy atom. The zero-order valence-corrected chi connectivity index (χ0v) is 17.9. The van der Waals surface area contributed by atoms with Crippen LogP contribution in [-0.2, 0) is 4.79 Å². The minimum Gasteiger partial charge on any atom is -0.497 e. The number of carboxylic acid groups (broad SMARTS) is 1. The third-order valence-corrected chi connectivity index (χ3v) is 5.22. The summed E-state index contributed by atoms with van der Waals surface area (Å²) in [5.41, 5.74) is 1.25. The van der Waals surface area contributed by atoms with Gasteiger partial charge in [-0.2, -0.15) is 5.10 Å². The predicted octanol–water partition coefficient (Wildman–Crippen LogP) is 3.79. The molecule has 9 nitrogen and oxygen atoms in total. The number of carbonyl (C=O) groups is 2. The summed E-state index contributed by atoms with van der Waals surface area (Å²) in [6, 6.07) is 11.2. The minimum atomic E-state index is -1.17. The normalized spacial score (nSPS) is 14.6. The van der Waals surface area contributed by atoms with Crippen molar-refractivity contribution >= 4 is 35.0 Å². The van der Waals surface area contributed by atoms with E-state index in [9.17, 15) is 14.7 Å². The number of allylic oxidation sites excluding steroid dienone is 1. The van der Waals surface area contributed by atoms with Gasteiger partial charge in [-0.15, -0.1) is 0 Å². The average Bonchev–Trinajstić information content (AvgIpc) is 3.23. The number of methoxy groups -OCH3 is 2. The summed E-state index contributed by atoms with van der Waals surface area (Å²) < 4.78 is 12.3. The number of aromatic nitrogens is 2. The van der Waals surface area contributed by atoms with E-state index in [1.807, 2.05) is 0 Å². The first-order valence-electron chi connectivity index (χ1n) is 9.49. The summed E-state index contributed by atoms with van der Waals surface area (Å²) in [6.07, 6.45) is 2.88. The lowest BCUT2D eigenvalue weighted by Gasteiger charge is -2.26. The number of carboxylic acids is 1. The topological polar surface area (TPSA) is 115 Å². The Labute approximate surface area is 188 Å². The second-order valence-electron chi connectivity index (χ2n) is 6.88. The molecule has 10 heteroatoms. The van der Waals surface area contributed by atoms with Gasteiger partial charge in [-0.25, -0.2) is 9.48 Å². The third kappa shape index (κ3) is 3.97. The summed E-state index contributed by atoms with van der Waals surface area (Å²) in [5.74, 6) is -0.296. The number of hydrogen-bond acceptors (Lipinski definition) is 6. The van der Waals surface area contributed by atoms with Crippen molar-refractivity contribution in [1.29, 1.82) is 0 Å². The standard InChI is InChI=1S/C22H19ClN4O5/c1-31-14-7-8-19(32-2)15(9-14)18-10-17(22(29)30)26-20-16(11-24-27(18)20)21(28)25-13-5-3-12(23)4-6-13/h3-11,18,26H,1-2H3,(H,25,28)(H,29,30)/t18-/m0/s1. The van der Waals surface area contributed by atoms with Crippen molar-refractivity contribution in [3.05, 3.63) is 76.6 Å². The Morgan fingerprint density at radius 1 is 1.16 bits per heavy atom. The highest BCUT2D eigenvalue weighted by Crippen LogP contribution is 2.38. The number of carbonyl (C=O) groups excluding carboxylic acids is 1. The smallest absolute Gasteiger partial charge is 0.352 e. The number of aliphatic carboxylic acids is 1. The molecule has 0 unspecified atom stereocenters. The van der Waals surface area contributed by atoms with Crippen LogP contribution in [0, 0.1) is 0 Å². The van der Waals surface area contributed by atoms with Gasteiger partial charge in [0.2, 0.25) is 0 Å². The Morgan fingerprint density at radius 2 is 1.91 bits per heavy atom.